The van der Waals surface area contributed by atoms with E-state index in [9.17, 15) is 18.0 Å². The Bertz CT molecular complexity index is 617. The minimum atomic E-state index is -3.26. The van der Waals surface area contributed by atoms with Crippen LogP contribution >= 0.6 is 0 Å². The van der Waals surface area contributed by atoms with E-state index in [1.54, 1.807) is 9.80 Å². The van der Waals surface area contributed by atoms with Crippen molar-refractivity contribution in [1.82, 2.24) is 15.1 Å². The lowest BCUT2D eigenvalue weighted by Gasteiger charge is -2.43. The first-order valence-corrected chi connectivity index (χ1v) is 10.9. The highest BCUT2D eigenvalue weighted by Gasteiger charge is 2.48. The van der Waals surface area contributed by atoms with Crippen molar-refractivity contribution < 1.29 is 23.1 Å². The van der Waals surface area contributed by atoms with Gasteiger partial charge in [0.2, 0.25) is 0 Å². The van der Waals surface area contributed by atoms with Crippen molar-refractivity contribution in [2.75, 3.05) is 37.7 Å². The van der Waals surface area contributed by atoms with Gasteiger partial charge in [-0.2, -0.15) is 0 Å². The first-order valence-electron chi connectivity index (χ1n) is 9.06. The number of carboxylic acid groups (broad SMARTS) is 1. The molecule has 2 aliphatic heterocycles. The van der Waals surface area contributed by atoms with Crippen LogP contribution in [-0.4, -0.2) is 85.1 Å². The summed E-state index contributed by atoms with van der Waals surface area (Å²) in [5.41, 5.74) is 0. The number of rotatable bonds is 4. The Morgan fingerprint density at radius 2 is 1.72 bits per heavy atom. The van der Waals surface area contributed by atoms with E-state index in [0.29, 0.717) is 25.6 Å². The molecule has 2 N–H and O–H groups in total. The lowest BCUT2D eigenvalue weighted by atomic mass is 9.89. The summed E-state index contributed by atoms with van der Waals surface area (Å²) in [4.78, 5) is 26.9. The van der Waals surface area contributed by atoms with Gasteiger partial charge in [-0.05, 0) is 18.8 Å². The number of carboxylic acids is 1. The summed E-state index contributed by atoms with van der Waals surface area (Å²) in [6.45, 7) is 1.20. The zero-order valence-electron chi connectivity index (χ0n) is 14.4. The van der Waals surface area contributed by atoms with Crippen LogP contribution in [0.1, 0.15) is 32.1 Å². The first-order chi connectivity index (χ1) is 11.9. The molecule has 0 aromatic carbocycles. The van der Waals surface area contributed by atoms with Crippen molar-refractivity contribution in [3.63, 3.8) is 0 Å². The second-order valence-electron chi connectivity index (χ2n) is 7.46. The maximum absolute atomic E-state index is 12.6. The van der Waals surface area contributed by atoms with Gasteiger partial charge in [0.25, 0.3) is 0 Å². The molecule has 0 radical (unpaired) electrons. The van der Waals surface area contributed by atoms with E-state index >= 15 is 0 Å². The van der Waals surface area contributed by atoms with Crippen LogP contribution in [0, 0.1) is 5.92 Å². The monoisotopic (exact) mass is 373 g/mol. The van der Waals surface area contributed by atoms with Gasteiger partial charge in [0.05, 0.1) is 24.1 Å². The fraction of sp³-hybridized carbons (Fsp3) is 0.875. The van der Waals surface area contributed by atoms with E-state index in [2.05, 4.69) is 5.32 Å². The predicted molar refractivity (Wildman–Crippen MR) is 92.1 cm³/mol. The van der Waals surface area contributed by atoms with Crippen LogP contribution in [0.15, 0.2) is 0 Å². The Hall–Kier alpha value is -1.35. The molecule has 1 aliphatic carbocycles. The molecule has 2 amide bonds. The number of sulfone groups is 1. The maximum Gasteiger partial charge on any atom is 0.317 e. The molecule has 0 spiro atoms. The molecule has 2 heterocycles. The van der Waals surface area contributed by atoms with Gasteiger partial charge >= 0.3 is 12.0 Å². The number of hydrogen-bond acceptors (Lipinski definition) is 5. The summed E-state index contributed by atoms with van der Waals surface area (Å²) in [5, 5.41) is 12.0. The summed E-state index contributed by atoms with van der Waals surface area (Å²) in [6, 6.07) is -1.09. The molecule has 3 aliphatic rings. The Morgan fingerprint density at radius 1 is 1.04 bits per heavy atom. The van der Waals surface area contributed by atoms with Crippen LogP contribution in [0.25, 0.3) is 0 Å². The zero-order chi connectivity index (χ0) is 18.0. The molecule has 8 nitrogen and oxygen atoms in total. The molecule has 0 aromatic rings. The van der Waals surface area contributed by atoms with Gasteiger partial charge in [-0.1, -0.05) is 19.3 Å². The number of nitrogens with zero attached hydrogens (tertiary/aromatic N) is 2. The van der Waals surface area contributed by atoms with Gasteiger partial charge in [-0.25, -0.2) is 13.2 Å². The normalized spacial score (nSPS) is 30.0. The van der Waals surface area contributed by atoms with Crippen LogP contribution < -0.4 is 5.32 Å². The van der Waals surface area contributed by atoms with Gasteiger partial charge in [-0.3, -0.25) is 9.69 Å². The molecule has 142 valence electrons. The Labute approximate surface area is 148 Å². The average Bonchev–Trinajstić information content (AvgIpc) is 2.89. The largest absolute Gasteiger partial charge is 0.480 e. The van der Waals surface area contributed by atoms with Crippen LogP contribution in [0.3, 0.4) is 0 Å². The molecule has 3 rings (SSSR count). The summed E-state index contributed by atoms with van der Waals surface area (Å²) < 4.78 is 24.1. The Kier molecular flexibility index (Phi) is 5.52. The molecule has 9 heteroatoms. The van der Waals surface area contributed by atoms with Crippen molar-refractivity contribution in [1.29, 1.82) is 0 Å². The number of carbonyl (C=O) groups is 2. The van der Waals surface area contributed by atoms with Crippen molar-refractivity contribution in [3.8, 4) is 0 Å². The molecule has 1 saturated carbocycles. The third kappa shape index (κ3) is 4.44. The van der Waals surface area contributed by atoms with Gasteiger partial charge in [-0.15, -0.1) is 0 Å². The smallest absolute Gasteiger partial charge is 0.317 e. The molecule has 0 bridgehead atoms. The minimum Gasteiger partial charge on any atom is -0.480 e. The summed E-state index contributed by atoms with van der Waals surface area (Å²) in [7, 11) is -3.26. The van der Waals surface area contributed by atoms with Crippen molar-refractivity contribution in [2.24, 2.45) is 5.92 Å². The molecule has 25 heavy (non-hydrogen) atoms. The Balaban J connectivity index is 1.63. The van der Waals surface area contributed by atoms with Crippen LogP contribution in [-0.2, 0) is 14.6 Å². The lowest BCUT2D eigenvalue weighted by molar-refractivity contribution is -0.139. The molecule has 0 unspecified atom stereocenters. The Morgan fingerprint density at radius 3 is 2.40 bits per heavy atom. The summed E-state index contributed by atoms with van der Waals surface area (Å²) >= 11 is 0. The quantitative estimate of drug-likeness (QED) is 0.726. The third-order valence-electron chi connectivity index (χ3n) is 5.66. The highest BCUT2D eigenvalue weighted by Crippen LogP contribution is 2.27. The number of urea groups is 1. The molecular formula is C16H27N3O5S. The van der Waals surface area contributed by atoms with Gasteiger partial charge in [0, 0.05) is 25.7 Å². The molecule has 3 fully saturated rings. The zero-order valence-corrected chi connectivity index (χ0v) is 15.2. The van der Waals surface area contributed by atoms with Crippen molar-refractivity contribution >= 4 is 21.8 Å². The highest BCUT2D eigenvalue weighted by atomic mass is 32.2. The first kappa shape index (κ1) is 18.4. The van der Waals surface area contributed by atoms with E-state index in [1.807, 2.05) is 0 Å². The fourth-order valence-corrected chi connectivity index (χ4v) is 6.38. The minimum absolute atomic E-state index is 0.0721. The average molecular weight is 373 g/mol. The van der Waals surface area contributed by atoms with E-state index in [-0.39, 0.29) is 24.1 Å². The van der Waals surface area contributed by atoms with E-state index in [0.717, 1.165) is 12.8 Å². The molecule has 0 aromatic heterocycles. The predicted octanol–water partition coefficient (Wildman–Crippen LogP) is 0.144. The lowest BCUT2D eigenvalue weighted by Crippen LogP contribution is -2.63. The summed E-state index contributed by atoms with van der Waals surface area (Å²) in [6.07, 6.45) is 5.94. The summed E-state index contributed by atoms with van der Waals surface area (Å²) in [5.74, 6) is -0.616. The number of piperazine rings is 1. The van der Waals surface area contributed by atoms with Crippen LogP contribution in [0.5, 0.6) is 0 Å². The molecule has 2 saturated heterocycles. The third-order valence-corrected chi connectivity index (χ3v) is 7.36. The number of carbonyl (C=O) groups excluding carboxylic acids is 1. The van der Waals surface area contributed by atoms with Crippen LogP contribution in [0.2, 0.25) is 0 Å². The standard InChI is InChI=1S/C16H27N3O5S/c20-15(21)9-18-6-7-19(14-11-25(23,24)10-13(14)18)16(22)17-8-12-4-2-1-3-5-12/h12-14H,1-11H2,(H,17,22)(H,20,21)/t13-,14+/m0/s1. The topological polar surface area (TPSA) is 107 Å². The van der Waals surface area contributed by atoms with Gasteiger partial charge in [0.1, 0.15) is 0 Å². The molecule has 2 atom stereocenters. The van der Waals surface area contributed by atoms with Crippen molar-refractivity contribution in [3.05, 3.63) is 0 Å². The number of nitrogens with one attached hydrogen (secondary N) is 1. The van der Waals surface area contributed by atoms with Crippen molar-refractivity contribution in [2.45, 2.75) is 44.2 Å². The molecular weight excluding hydrogens is 346 g/mol. The number of amides is 2. The SMILES string of the molecule is O=C(O)CN1CCN(C(=O)NCC2CCCCC2)[C@@H]2CS(=O)(=O)C[C@@H]21. The van der Waals surface area contributed by atoms with Crippen LogP contribution in [0.4, 0.5) is 4.79 Å². The fourth-order valence-electron chi connectivity index (χ4n) is 4.37. The second kappa shape index (κ2) is 7.49. The maximum atomic E-state index is 12.6. The van der Waals surface area contributed by atoms with Gasteiger partial charge < -0.3 is 15.3 Å². The number of fused-ring (bicyclic) bond motifs is 1. The van der Waals surface area contributed by atoms with E-state index in [4.69, 9.17) is 5.11 Å². The van der Waals surface area contributed by atoms with E-state index < -0.39 is 27.9 Å². The number of aliphatic carboxylic acids is 1. The van der Waals surface area contributed by atoms with Gasteiger partial charge in [0.15, 0.2) is 9.84 Å². The highest BCUT2D eigenvalue weighted by molar-refractivity contribution is 7.91. The number of hydrogen-bond donors (Lipinski definition) is 2. The second-order valence-corrected chi connectivity index (χ2v) is 9.61. The van der Waals surface area contributed by atoms with E-state index in [1.165, 1.54) is 19.3 Å².